The van der Waals surface area contributed by atoms with Crippen LogP contribution in [0.15, 0.2) is 36.5 Å². The zero-order chi connectivity index (χ0) is 11.5. The molecule has 0 radical (unpaired) electrons. The van der Waals surface area contributed by atoms with Crippen molar-refractivity contribution < 1.29 is 0 Å². The highest BCUT2D eigenvalue weighted by atomic mass is 15.0. The van der Waals surface area contributed by atoms with Crippen LogP contribution in [0.1, 0.15) is 16.8 Å². The molecule has 0 bridgehead atoms. The van der Waals surface area contributed by atoms with E-state index in [1.807, 2.05) is 7.05 Å². The lowest BCUT2D eigenvalue weighted by Crippen LogP contribution is -2.10. The average Bonchev–Trinajstić information content (AvgIpc) is 2.70. The first kappa shape index (κ1) is 11.0. The van der Waals surface area contributed by atoms with Crippen LogP contribution in [-0.2, 0) is 6.54 Å². The highest BCUT2D eigenvalue weighted by Gasteiger charge is 2.05. The second-order valence-corrected chi connectivity index (χ2v) is 4.19. The van der Waals surface area contributed by atoms with Gasteiger partial charge in [-0.3, -0.25) is 0 Å². The summed E-state index contributed by atoms with van der Waals surface area (Å²) >= 11 is 0. The molecule has 0 saturated heterocycles. The molecule has 0 amide bonds. The van der Waals surface area contributed by atoms with Crippen molar-refractivity contribution in [1.29, 1.82) is 0 Å². The van der Waals surface area contributed by atoms with Crippen LogP contribution in [0, 0.1) is 13.8 Å². The predicted octanol–water partition coefficient (Wildman–Crippen LogP) is 2.81. The molecule has 0 saturated carbocycles. The summed E-state index contributed by atoms with van der Waals surface area (Å²) in [5.74, 6) is 0. The molecule has 0 spiro atoms. The van der Waals surface area contributed by atoms with Crippen LogP contribution in [0.5, 0.6) is 0 Å². The highest BCUT2D eigenvalue weighted by molar-refractivity contribution is 5.44. The molecule has 0 atom stereocenters. The number of benzene rings is 1. The van der Waals surface area contributed by atoms with E-state index in [1.165, 1.54) is 22.5 Å². The van der Waals surface area contributed by atoms with Gasteiger partial charge in [-0.2, -0.15) is 0 Å². The third-order valence-electron chi connectivity index (χ3n) is 2.82. The van der Waals surface area contributed by atoms with Crippen molar-refractivity contribution in [2.75, 3.05) is 7.05 Å². The molecule has 0 aliphatic rings. The summed E-state index contributed by atoms with van der Waals surface area (Å²) in [6.45, 7) is 5.17. The van der Waals surface area contributed by atoms with Crippen molar-refractivity contribution in [3.63, 3.8) is 0 Å². The molecule has 1 aromatic heterocycles. The largest absolute Gasteiger partial charge is 0.319 e. The van der Waals surface area contributed by atoms with E-state index in [1.54, 1.807) is 0 Å². The van der Waals surface area contributed by atoms with Crippen molar-refractivity contribution in [2.45, 2.75) is 20.4 Å². The summed E-state index contributed by atoms with van der Waals surface area (Å²) in [6, 6.07) is 10.8. The molecule has 2 aromatic rings. The molecule has 0 unspecified atom stereocenters. The molecule has 1 N–H and O–H groups in total. The van der Waals surface area contributed by atoms with Gasteiger partial charge < -0.3 is 9.88 Å². The fourth-order valence-electron chi connectivity index (χ4n) is 1.96. The summed E-state index contributed by atoms with van der Waals surface area (Å²) in [4.78, 5) is 0. The number of aryl methyl sites for hydroxylation is 2. The summed E-state index contributed by atoms with van der Waals surface area (Å²) < 4.78 is 2.25. The highest BCUT2D eigenvalue weighted by Crippen LogP contribution is 2.18. The number of hydrogen-bond acceptors (Lipinski definition) is 1. The summed E-state index contributed by atoms with van der Waals surface area (Å²) in [5.41, 5.74) is 5.16. The lowest BCUT2D eigenvalue weighted by Gasteiger charge is -2.12. The molecule has 16 heavy (non-hydrogen) atoms. The van der Waals surface area contributed by atoms with Crippen molar-refractivity contribution in [2.24, 2.45) is 0 Å². The van der Waals surface area contributed by atoms with Crippen LogP contribution >= 0.6 is 0 Å². The van der Waals surface area contributed by atoms with E-state index in [4.69, 9.17) is 0 Å². The second-order valence-electron chi connectivity index (χ2n) is 4.19. The van der Waals surface area contributed by atoms with E-state index in [-0.39, 0.29) is 0 Å². The Labute approximate surface area is 96.9 Å². The first-order chi connectivity index (χ1) is 7.72. The van der Waals surface area contributed by atoms with Crippen LogP contribution in [0.4, 0.5) is 0 Å². The Hall–Kier alpha value is -1.54. The lowest BCUT2D eigenvalue weighted by atomic mass is 10.1. The third-order valence-corrected chi connectivity index (χ3v) is 2.82. The van der Waals surface area contributed by atoms with Gasteiger partial charge >= 0.3 is 0 Å². The topological polar surface area (TPSA) is 17.0 Å². The Balaban J connectivity index is 2.49. The van der Waals surface area contributed by atoms with Crippen molar-refractivity contribution >= 4 is 0 Å². The number of rotatable bonds is 3. The number of hydrogen-bond donors (Lipinski definition) is 1. The Kier molecular flexibility index (Phi) is 3.11. The number of nitrogens with zero attached hydrogens (tertiary/aromatic N) is 1. The first-order valence-corrected chi connectivity index (χ1v) is 5.61. The number of aromatic nitrogens is 1. The van der Waals surface area contributed by atoms with Crippen LogP contribution in [0.3, 0.4) is 0 Å². The smallest absolute Gasteiger partial charge is 0.0484 e. The van der Waals surface area contributed by atoms with E-state index in [9.17, 15) is 0 Å². The van der Waals surface area contributed by atoms with Gasteiger partial charge in [0.2, 0.25) is 0 Å². The first-order valence-electron chi connectivity index (χ1n) is 5.61. The maximum Gasteiger partial charge on any atom is 0.0484 e. The van der Waals surface area contributed by atoms with E-state index < -0.39 is 0 Å². The Bertz CT molecular complexity index is 483. The maximum atomic E-state index is 3.19. The van der Waals surface area contributed by atoms with Crippen LogP contribution in [0.25, 0.3) is 5.69 Å². The molecule has 84 valence electrons. The van der Waals surface area contributed by atoms with Crippen molar-refractivity contribution in [1.82, 2.24) is 9.88 Å². The minimum atomic E-state index is 0.889. The molecule has 0 fully saturated rings. The van der Waals surface area contributed by atoms with Crippen LogP contribution in [-0.4, -0.2) is 11.6 Å². The fourth-order valence-corrected chi connectivity index (χ4v) is 1.96. The standard InChI is InChI=1S/C14H18N2/c1-11-6-7-12(2)14(9-11)16-8-4-5-13(16)10-15-3/h4-9,15H,10H2,1-3H3. The predicted molar refractivity (Wildman–Crippen MR) is 68.0 cm³/mol. The molecule has 2 rings (SSSR count). The van der Waals surface area contributed by atoms with E-state index in [0.717, 1.165) is 6.54 Å². The SMILES string of the molecule is CNCc1cccn1-c1cc(C)ccc1C. The van der Waals surface area contributed by atoms with Crippen LogP contribution < -0.4 is 5.32 Å². The minimum absolute atomic E-state index is 0.889. The molecule has 2 heteroatoms. The molecular formula is C14H18N2. The van der Waals surface area contributed by atoms with Gasteiger partial charge in [-0.25, -0.2) is 0 Å². The zero-order valence-corrected chi connectivity index (χ0v) is 10.1. The van der Waals surface area contributed by atoms with Crippen LogP contribution in [0.2, 0.25) is 0 Å². The van der Waals surface area contributed by atoms with Crippen molar-refractivity contribution in [3.8, 4) is 5.69 Å². The third kappa shape index (κ3) is 2.02. The lowest BCUT2D eigenvalue weighted by molar-refractivity contribution is 0.767. The van der Waals surface area contributed by atoms with Gasteiger partial charge in [0.25, 0.3) is 0 Å². The number of nitrogens with one attached hydrogen (secondary N) is 1. The average molecular weight is 214 g/mol. The maximum absolute atomic E-state index is 3.19. The van der Waals surface area contributed by atoms with E-state index >= 15 is 0 Å². The van der Waals surface area contributed by atoms with Gasteiger partial charge in [0, 0.05) is 24.1 Å². The Morgan fingerprint density at radius 2 is 2.00 bits per heavy atom. The summed E-state index contributed by atoms with van der Waals surface area (Å²) in [6.07, 6.45) is 2.12. The van der Waals surface area contributed by atoms with E-state index in [2.05, 4.69) is 60.3 Å². The molecule has 2 nitrogen and oxygen atoms in total. The summed E-state index contributed by atoms with van der Waals surface area (Å²) in [7, 11) is 1.97. The Morgan fingerprint density at radius 1 is 1.19 bits per heavy atom. The van der Waals surface area contributed by atoms with Gasteiger partial charge in [0.15, 0.2) is 0 Å². The van der Waals surface area contributed by atoms with Gasteiger partial charge in [-0.1, -0.05) is 12.1 Å². The normalized spacial score (nSPS) is 10.7. The van der Waals surface area contributed by atoms with Gasteiger partial charge in [0.05, 0.1) is 0 Å². The zero-order valence-electron chi connectivity index (χ0n) is 10.1. The van der Waals surface area contributed by atoms with Gasteiger partial charge in [-0.05, 0) is 50.2 Å². The Morgan fingerprint density at radius 3 is 2.75 bits per heavy atom. The van der Waals surface area contributed by atoms with Crippen molar-refractivity contribution in [3.05, 3.63) is 53.3 Å². The minimum Gasteiger partial charge on any atom is -0.319 e. The second kappa shape index (κ2) is 4.54. The molecular weight excluding hydrogens is 196 g/mol. The summed E-state index contributed by atoms with van der Waals surface area (Å²) in [5, 5.41) is 3.19. The monoisotopic (exact) mass is 214 g/mol. The quantitative estimate of drug-likeness (QED) is 0.831. The van der Waals surface area contributed by atoms with Gasteiger partial charge in [0.1, 0.15) is 0 Å². The molecule has 1 aromatic carbocycles. The van der Waals surface area contributed by atoms with Gasteiger partial charge in [-0.15, -0.1) is 0 Å². The van der Waals surface area contributed by atoms with E-state index in [0.29, 0.717) is 0 Å². The molecule has 0 aliphatic heterocycles. The molecule has 0 aliphatic carbocycles. The fraction of sp³-hybridized carbons (Fsp3) is 0.286. The molecule has 1 heterocycles.